The summed E-state index contributed by atoms with van der Waals surface area (Å²) in [5, 5.41) is 9.23. The highest BCUT2D eigenvalue weighted by Crippen LogP contribution is 2.35. The Hall–Kier alpha value is -1.23. The lowest BCUT2D eigenvalue weighted by Gasteiger charge is -2.17. The molecule has 0 saturated heterocycles. The topological polar surface area (TPSA) is 47.8 Å². The van der Waals surface area contributed by atoms with Gasteiger partial charge in [0.2, 0.25) is 0 Å². The minimum Gasteiger partial charge on any atom is -0.267 e. The predicted octanol–water partition coefficient (Wildman–Crippen LogP) is 3.02. The van der Waals surface area contributed by atoms with Gasteiger partial charge in [0, 0.05) is 11.4 Å². The Morgan fingerprint density at radius 2 is 2.25 bits per heavy atom. The van der Waals surface area contributed by atoms with Crippen LogP contribution in [0.2, 0.25) is 0 Å². The lowest BCUT2D eigenvalue weighted by Crippen LogP contribution is -2.25. The van der Waals surface area contributed by atoms with Gasteiger partial charge in [0.15, 0.2) is 4.83 Å². The summed E-state index contributed by atoms with van der Waals surface area (Å²) >= 11 is 1.66. The number of fused-ring (bicyclic) bond motifs is 3. The molecule has 3 rings (SSSR count). The summed E-state index contributed by atoms with van der Waals surface area (Å²) in [6, 6.07) is 0. The maximum atomic E-state index is 12.6. The molecule has 1 aliphatic rings. The molecule has 0 N–H and O–H groups in total. The van der Waals surface area contributed by atoms with Crippen molar-refractivity contribution in [3.63, 3.8) is 0 Å². The molecule has 0 spiro atoms. The van der Waals surface area contributed by atoms with E-state index < -0.39 is 0 Å². The third-order valence-corrected chi connectivity index (χ3v) is 5.24. The van der Waals surface area contributed by atoms with Crippen LogP contribution in [0.5, 0.6) is 0 Å². The first-order valence-electron chi connectivity index (χ1n) is 7.44. The molecule has 4 nitrogen and oxygen atoms in total. The van der Waals surface area contributed by atoms with Crippen molar-refractivity contribution in [3.8, 4) is 0 Å². The molecule has 5 heteroatoms. The van der Waals surface area contributed by atoms with Crippen molar-refractivity contribution in [2.24, 2.45) is 11.8 Å². The molecule has 0 fully saturated rings. The molecule has 1 aliphatic carbocycles. The van der Waals surface area contributed by atoms with Gasteiger partial charge in [0.05, 0.1) is 5.39 Å². The van der Waals surface area contributed by atoms with Gasteiger partial charge in [-0.25, -0.2) is 4.68 Å². The van der Waals surface area contributed by atoms with E-state index in [0.717, 1.165) is 29.5 Å². The number of nitrogens with zero attached hydrogens (tertiary/aromatic N) is 3. The van der Waals surface area contributed by atoms with Crippen molar-refractivity contribution in [1.29, 1.82) is 0 Å². The molecular weight excluding hydrogens is 270 g/mol. The molecule has 0 aliphatic heterocycles. The molecule has 2 heterocycles. The van der Waals surface area contributed by atoms with E-state index in [9.17, 15) is 4.79 Å². The van der Waals surface area contributed by atoms with E-state index in [4.69, 9.17) is 0 Å². The van der Waals surface area contributed by atoms with E-state index in [1.807, 2.05) is 0 Å². The quantitative estimate of drug-likeness (QED) is 0.873. The molecular formula is C15H21N3OS. The third kappa shape index (κ3) is 2.39. The molecule has 1 atom stereocenters. The number of hydrogen-bond acceptors (Lipinski definition) is 4. The van der Waals surface area contributed by atoms with Gasteiger partial charge >= 0.3 is 0 Å². The van der Waals surface area contributed by atoms with Gasteiger partial charge < -0.3 is 0 Å². The number of hydrogen-bond donors (Lipinski definition) is 0. The van der Waals surface area contributed by atoms with Crippen molar-refractivity contribution >= 4 is 21.6 Å². The average molecular weight is 291 g/mol. The van der Waals surface area contributed by atoms with Gasteiger partial charge in [-0.1, -0.05) is 26.0 Å². The summed E-state index contributed by atoms with van der Waals surface area (Å²) in [5.74, 6) is 1.28. The Balaban J connectivity index is 2.06. The summed E-state index contributed by atoms with van der Waals surface area (Å²) in [7, 11) is 0. The molecule has 2 aromatic rings. The second-order valence-electron chi connectivity index (χ2n) is 6.33. The van der Waals surface area contributed by atoms with Crippen molar-refractivity contribution < 1.29 is 0 Å². The van der Waals surface area contributed by atoms with Crippen molar-refractivity contribution in [3.05, 3.63) is 20.8 Å². The molecule has 108 valence electrons. The molecule has 0 bridgehead atoms. The Bertz CT molecular complexity index is 686. The van der Waals surface area contributed by atoms with Gasteiger partial charge in [0.25, 0.3) is 5.56 Å². The Morgan fingerprint density at radius 3 is 3.00 bits per heavy atom. The van der Waals surface area contributed by atoms with Crippen LogP contribution in [0.4, 0.5) is 0 Å². The zero-order valence-corrected chi connectivity index (χ0v) is 13.2. The minimum atomic E-state index is 0.0581. The summed E-state index contributed by atoms with van der Waals surface area (Å²) in [5.41, 5.74) is 1.31. The van der Waals surface area contributed by atoms with Gasteiger partial charge in [0.1, 0.15) is 0 Å². The van der Waals surface area contributed by atoms with Crippen LogP contribution in [0.15, 0.2) is 4.79 Å². The fourth-order valence-corrected chi connectivity index (χ4v) is 4.14. The van der Waals surface area contributed by atoms with E-state index in [-0.39, 0.29) is 5.56 Å². The van der Waals surface area contributed by atoms with Gasteiger partial charge in [-0.2, -0.15) is 0 Å². The molecule has 0 aromatic carbocycles. The number of aryl methyl sites for hydroxylation is 2. The van der Waals surface area contributed by atoms with Crippen LogP contribution >= 0.6 is 11.3 Å². The van der Waals surface area contributed by atoms with Crippen molar-refractivity contribution in [2.45, 2.75) is 53.0 Å². The van der Waals surface area contributed by atoms with E-state index in [1.54, 1.807) is 16.0 Å². The van der Waals surface area contributed by atoms with Crippen LogP contribution in [0.1, 0.15) is 44.1 Å². The zero-order chi connectivity index (χ0) is 14.3. The summed E-state index contributed by atoms with van der Waals surface area (Å²) in [4.78, 5) is 14.8. The Kier molecular flexibility index (Phi) is 3.63. The third-order valence-electron chi connectivity index (χ3n) is 4.10. The van der Waals surface area contributed by atoms with Crippen LogP contribution in [-0.4, -0.2) is 15.0 Å². The van der Waals surface area contributed by atoms with Crippen LogP contribution in [0, 0.1) is 11.8 Å². The lowest BCUT2D eigenvalue weighted by molar-refractivity contribution is 0.459. The molecule has 20 heavy (non-hydrogen) atoms. The fraction of sp³-hybridized carbons (Fsp3) is 0.667. The summed E-state index contributed by atoms with van der Waals surface area (Å²) < 4.78 is 1.55. The van der Waals surface area contributed by atoms with E-state index >= 15 is 0 Å². The average Bonchev–Trinajstić information content (AvgIpc) is 2.75. The molecule has 0 amide bonds. The Morgan fingerprint density at radius 1 is 1.45 bits per heavy atom. The highest BCUT2D eigenvalue weighted by atomic mass is 32.1. The first kappa shape index (κ1) is 13.7. The smallest absolute Gasteiger partial charge is 0.267 e. The van der Waals surface area contributed by atoms with E-state index in [0.29, 0.717) is 18.4 Å². The fourth-order valence-electron chi connectivity index (χ4n) is 2.82. The lowest BCUT2D eigenvalue weighted by atomic mass is 9.89. The first-order valence-corrected chi connectivity index (χ1v) is 8.26. The van der Waals surface area contributed by atoms with Crippen LogP contribution in [-0.2, 0) is 19.4 Å². The second kappa shape index (κ2) is 5.28. The monoisotopic (exact) mass is 291 g/mol. The van der Waals surface area contributed by atoms with Crippen molar-refractivity contribution in [1.82, 2.24) is 15.0 Å². The zero-order valence-electron chi connectivity index (χ0n) is 12.3. The van der Waals surface area contributed by atoms with Crippen LogP contribution in [0.25, 0.3) is 10.2 Å². The Labute approximate surface area is 122 Å². The molecule has 0 saturated carbocycles. The largest absolute Gasteiger partial charge is 0.278 e. The van der Waals surface area contributed by atoms with Gasteiger partial charge in [-0.05, 0) is 43.1 Å². The maximum absolute atomic E-state index is 12.6. The van der Waals surface area contributed by atoms with E-state index in [2.05, 4.69) is 31.1 Å². The standard InChI is InChI=1S/C15H21N3OS/c1-9(2)6-7-18-15(19)13-11-5-4-10(3)8-12(11)20-14(13)16-17-18/h9-10H,4-8H2,1-3H3/t10-/m1/s1. The highest BCUT2D eigenvalue weighted by Gasteiger charge is 2.23. The number of aromatic nitrogens is 3. The maximum Gasteiger partial charge on any atom is 0.278 e. The SMILES string of the molecule is CC(C)CCn1nnc2sc3c(c2c1=O)CC[C@@H](C)C3. The summed E-state index contributed by atoms with van der Waals surface area (Å²) in [6.07, 6.45) is 4.24. The summed E-state index contributed by atoms with van der Waals surface area (Å²) in [6.45, 7) is 7.26. The minimum absolute atomic E-state index is 0.0581. The van der Waals surface area contributed by atoms with Crippen molar-refractivity contribution in [2.75, 3.05) is 0 Å². The normalized spacial score (nSPS) is 18.7. The second-order valence-corrected chi connectivity index (χ2v) is 7.42. The number of thiophene rings is 1. The highest BCUT2D eigenvalue weighted by molar-refractivity contribution is 7.18. The molecule has 0 radical (unpaired) electrons. The van der Waals surface area contributed by atoms with Gasteiger partial charge in [-0.15, -0.1) is 16.4 Å². The molecule has 2 aromatic heterocycles. The van der Waals surface area contributed by atoms with Crippen LogP contribution < -0.4 is 5.56 Å². The van der Waals surface area contributed by atoms with Gasteiger partial charge in [-0.3, -0.25) is 4.79 Å². The predicted molar refractivity (Wildman–Crippen MR) is 82.3 cm³/mol. The first-order chi connectivity index (χ1) is 9.56. The molecule has 0 unspecified atom stereocenters. The van der Waals surface area contributed by atoms with Crippen LogP contribution in [0.3, 0.4) is 0 Å². The number of rotatable bonds is 3. The van der Waals surface area contributed by atoms with E-state index in [1.165, 1.54) is 16.9 Å².